The highest BCUT2D eigenvalue weighted by Gasteiger charge is 2.32. The summed E-state index contributed by atoms with van der Waals surface area (Å²) in [6, 6.07) is 14.4. The fraction of sp³-hybridized carbons (Fsp3) is 0.222. The topological polar surface area (TPSA) is 113 Å². The van der Waals surface area contributed by atoms with Gasteiger partial charge in [-0.2, -0.15) is 5.10 Å². The Morgan fingerprint density at radius 3 is 2.27 bits per heavy atom. The van der Waals surface area contributed by atoms with E-state index < -0.39 is 16.7 Å². The number of anilines is 1. The highest BCUT2D eigenvalue weighted by Crippen LogP contribution is 2.35. The van der Waals surface area contributed by atoms with Gasteiger partial charge in [-0.3, -0.25) is 5.01 Å². The molecule has 2 aromatic carbocycles. The monoisotopic (exact) mass is 373 g/mol. The van der Waals surface area contributed by atoms with Crippen LogP contribution >= 0.6 is 0 Å². The van der Waals surface area contributed by atoms with Crippen LogP contribution in [0.5, 0.6) is 0 Å². The Hall–Kier alpha value is -2.71. The summed E-state index contributed by atoms with van der Waals surface area (Å²) < 4.78 is 21.7. The van der Waals surface area contributed by atoms with Gasteiger partial charge in [0.15, 0.2) is 0 Å². The number of carboxylic acids is 1. The molecule has 1 unspecified atom stereocenters. The van der Waals surface area contributed by atoms with Crippen LogP contribution in [-0.4, -0.2) is 25.2 Å². The largest absolute Gasteiger partial charge is 0.477 e. The summed E-state index contributed by atoms with van der Waals surface area (Å²) in [5.74, 6) is -1.07. The summed E-state index contributed by atoms with van der Waals surface area (Å²) in [4.78, 5) is 11.4. The molecule has 0 saturated heterocycles. The molecule has 1 heterocycles. The molecular weight excluding hydrogens is 354 g/mol. The molecule has 0 saturated carbocycles. The van der Waals surface area contributed by atoms with Crippen LogP contribution in [-0.2, 0) is 27.8 Å². The molecule has 0 amide bonds. The molecule has 2 aromatic rings. The average molecular weight is 373 g/mol. The summed E-state index contributed by atoms with van der Waals surface area (Å²) in [6.07, 6.45) is 0.283. The van der Waals surface area contributed by atoms with Gasteiger partial charge >= 0.3 is 5.97 Å². The maximum atomic E-state index is 11.4. The van der Waals surface area contributed by atoms with Gasteiger partial charge in [0, 0.05) is 13.0 Å². The van der Waals surface area contributed by atoms with Crippen LogP contribution in [0.4, 0.5) is 5.69 Å². The number of benzene rings is 2. The second kappa shape index (κ2) is 7.67. The third-order valence-electron chi connectivity index (χ3n) is 4.27. The highest BCUT2D eigenvalue weighted by molar-refractivity contribution is 7.71. The second-order valence-electron chi connectivity index (χ2n) is 6.02. The van der Waals surface area contributed by atoms with Crippen LogP contribution in [0.3, 0.4) is 0 Å². The maximum absolute atomic E-state index is 11.4. The highest BCUT2D eigenvalue weighted by atomic mass is 32.2. The number of nitrogens with zero attached hydrogens (tertiary/aromatic N) is 2. The van der Waals surface area contributed by atoms with Crippen LogP contribution in [0.2, 0.25) is 0 Å². The van der Waals surface area contributed by atoms with Crippen molar-refractivity contribution < 1.29 is 18.3 Å². The van der Waals surface area contributed by atoms with E-state index in [1.165, 1.54) is 0 Å². The first-order chi connectivity index (χ1) is 12.5. The minimum atomic E-state index is -2.49. The number of aliphatic carboxylic acids is 1. The van der Waals surface area contributed by atoms with E-state index in [0.717, 1.165) is 11.1 Å². The van der Waals surface area contributed by atoms with E-state index in [1.807, 2.05) is 24.3 Å². The number of carboxylic acid groups (broad SMARTS) is 1. The van der Waals surface area contributed by atoms with E-state index in [2.05, 4.69) is 5.10 Å². The molecule has 3 N–H and O–H groups in total. The van der Waals surface area contributed by atoms with Crippen LogP contribution in [0.15, 0.2) is 53.6 Å². The van der Waals surface area contributed by atoms with Crippen molar-refractivity contribution >= 4 is 28.1 Å². The molecule has 0 aromatic heterocycles. The van der Waals surface area contributed by atoms with Gasteiger partial charge in [-0.25, -0.2) is 13.2 Å². The van der Waals surface area contributed by atoms with Crippen molar-refractivity contribution in [2.24, 2.45) is 10.8 Å². The molecule has 8 heteroatoms. The molecule has 26 heavy (non-hydrogen) atoms. The number of hydrazone groups is 1. The van der Waals surface area contributed by atoms with Crippen molar-refractivity contribution in [3.8, 4) is 0 Å². The fourth-order valence-corrected chi connectivity index (χ4v) is 3.42. The minimum Gasteiger partial charge on any atom is -0.477 e. The first kappa shape index (κ1) is 18.1. The zero-order valence-electron chi connectivity index (χ0n) is 13.9. The first-order valence-corrected chi connectivity index (χ1v) is 9.44. The van der Waals surface area contributed by atoms with Crippen molar-refractivity contribution in [3.63, 3.8) is 0 Å². The Labute approximate surface area is 152 Å². The molecule has 136 valence electrons. The van der Waals surface area contributed by atoms with Gasteiger partial charge < -0.3 is 10.8 Å². The molecule has 0 radical (unpaired) electrons. The zero-order valence-corrected chi connectivity index (χ0v) is 14.8. The van der Waals surface area contributed by atoms with Gasteiger partial charge in [-0.1, -0.05) is 36.4 Å². The molecular formula is C18H19N3O4S. The predicted octanol–water partition coefficient (Wildman–Crippen LogP) is 1.65. The van der Waals surface area contributed by atoms with Crippen LogP contribution < -0.4 is 10.7 Å². The lowest BCUT2D eigenvalue weighted by atomic mass is 10.00. The van der Waals surface area contributed by atoms with E-state index in [0.29, 0.717) is 17.8 Å². The van der Waals surface area contributed by atoms with Gasteiger partial charge in [0.1, 0.15) is 16.4 Å². The van der Waals surface area contributed by atoms with Gasteiger partial charge in [0.2, 0.25) is 0 Å². The van der Waals surface area contributed by atoms with Crippen LogP contribution in [0.1, 0.15) is 29.2 Å². The number of thiol groups is 1. The smallest absolute Gasteiger partial charge is 0.352 e. The minimum absolute atomic E-state index is 0.0246. The zero-order chi connectivity index (χ0) is 18.7. The van der Waals surface area contributed by atoms with Gasteiger partial charge in [0.25, 0.3) is 0 Å². The number of rotatable bonds is 6. The fourth-order valence-electron chi connectivity index (χ4n) is 2.92. The summed E-state index contributed by atoms with van der Waals surface area (Å²) in [6.45, 7) is 0.439. The van der Waals surface area contributed by atoms with Gasteiger partial charge in [-0.15, -0.1) is 0 Å². The standard InChI is InChI=1S/C18H19N3O4S/c19-10-12-1-5-14(6-2-12)17-9-16(18(22)23)20-21(17)15-7-3-13(4-8-15)11-26(24)25/h1-8,17,26H,9-11,19H2,(H,22,23). The lowest BCUT2D eigenvalue weighted by Gasteiger charge is -2.24. The van der Waals surface area contributed by atoms with E-state index in [-0.39, 0.29) is 23.9 Å². The van der Waals surface area contributed by atoms with Crippen molar-refractivity contribution in [2.75, 3.05) is 5.01 Å². The molecule has 1 aliphatic heterocycles. The lowest BCUT2D eigenvalue weighted by molar-refractivity contribution is -0.129. The third-order valence-corrected chi connectivity index (χ3v) is 4.89. The third kappa shape index (κ3) is 3.92. The molecule has 7 nitrogen and oxygen atoms in total. The quantitative estimate of drug-likeness (QED) is 0.664. The average Bonchev–Trinajstić information content (AvgIpc) is 3.07. The molecule has 1 aliphatic rings. The lowest BCUT2D eigenvalue weighted by Crippen LogP contribution is -2.18. The summed E-state index contributed by atoms with van der Waals surface area (Å²) >= 11 is 0. The van der Waals surface area contributed by atoms with Gasteiger partial charge in [0.05, 0.1) is 17.5 Å². The molecule has 0 fully saturated rings. The predicted molar refractivity (Wildman–Crippen MR) is 99.7 cm³/mol. The Balaban J connectivity index is 1.92. The summed E-state index contributed by atoms with van der Waals surface area (Å²) in [7, 11) is -2.49. The number of hydrogen-bond acceptors (Lipinski definition) is 6. The summed E-state index contributed by atoms with van der Waals surface area (Å²) in [5, 5.41) is 15.3. The van der Waals surface area contributed by atoms with E-state index >= 15 is 0 Å². The normalized spacial score (nSPS) is 16.8. The Kier molecular flexibility index (Phi) is 5.34. The number of nitrogens with two attached hydrogens (primary N) is 1. The summed E-state index contributed by atoms with van der Waals surface area (Å²) in [5.41, 5.74) is 9.03. The first-order valence-electron chi connectivity index (χ1n) is 8.07. The molecule has 3 rings (SSSR count). The van der Waals surface area contributed by atoms with Crippen LogP contribution in [0, 0.1) is 0 Å². The van der Waals surface area contributed by atoms with Crippen molar-refractivity contribution in [3.05, 3.63) is 65.2 Å². The van der Waals surface area contributed by atoms with E-state index in [1.54, 1.807) is 29.3 Å². The molecule has 1 atom stereocenters. The Morgan fingerprint density at radius 2 is 1.73 bits per heavy atom. The van der Waals surface area contributed by atoms with Crippen molar-refractivity contribution in [1.29, 1.82) is 0 Å². The van der Waals surface area contributed by atoms with Crippen LogP contribution in [0.25, 0.3) is 0 Å². The van der Waals surface area contributed by atoms with E-state index in [9.17, 15) is 18.3 Å². The molecule has 0 aliphatic carbocycles. The van der Waals surface area contributed by atoms with Crippen molar-refractivity contribution in [1.82, 2.24) is 0 Å². The molecule has 0 bridgehead atoms. The Bertz CT molecular complexity index is 897. The second-order valence-corrected chi connectivity index (χ2v) is 7.00. The SMILES string of the molecule is NCc1ccc(C2CC(C(=O)O)=NN2c2ccc(C[SH](=O)=O)cc2)cc1. The van der Waals surface area contributed by atoms with E-state index in [4.69, 9.17) is 5.73 Å². The number of carbonyl (C=O) groups is 1. The molecule has 0 spiro atoms. The van der Waals surface area contributed by atoms with Crippen molar-refractivity contribution in [2.45, 2.75) is 24.8 Å². The number of hydrogen-bond donors (Lipinski definition) is 3. The van der Waals surface area contributed by atoms with Gasteiger partial charge in [-0.05, 0) is 28.8 Å². The maximum Gasteiger partial charge on any atom is 0.352 e. The Morgan fingerprint density at radius 1 is 1.12 bits per heavy atom.